The zero-order valence-electron chi connectivity index (χ0n) is 79.3. The van der Waals surface area contributed by atoms with E-state index in [1.54, 1.807) is 0 Å². The molecule has 21 nitrogen and oxygen atoms in total. The number of carbonyl (C=O) groups excluding carboxylic acids is 7. The third-order valence-electron chi connectivity index (χ3n) is 22.8. The maximum atomic E-state index is 13.1. The maximum Gasteiger partial charge on any atom is 0.323 e. The fourth-order valence-corrected chi connectivity index (χ4v) is 15.5. The van der Waals surface area contributed by atoms with Crippen LogP contribution >= 0.6 is 0 Å². The summed E-state index contributed by atoms with van der Waals surface area (Å²) in [4.78, 5) is 94.8. The van der Waals surface area contributed by atoms with Gasteiger partial charge in [0.05, 0.1) is 19.3 Å². The number of nitrogens with one attached hydrogen (secondary N) is 11. The number of halogens is 1. The zero-order valence-corrected chi connectivity index (χ0v) is 79.3. The van der Waals surface area contributed by atoms with Crippen LogP contribution in [0.4, 0.5) is 86.1 Å². The molecule has 141 heavy (non-hydrogen) atoms. The van der Waals surface area contributed by atoms with Crippen LogP contribution < -0.4 is 58.5 Å². The Labute approximate surface area is 823 Å². The number of amides is 11. The number of hydrogen-bond donors (Lipinski definition) is 11. The third kappa shape index (κ3) is 34.8. The van der Waals surface area contributed by atoms with Crippen LogP contribution in [0.5, 0.6) is 0 Å². The number of para-hydroxylation sites is 2. The monoisotopic (exact) mass is 1870 g/mol. The van der Waals surface area contributed by atoms with Crippen molar-refractivity contribution in [3.05, 3.63) is 507 Å². The van der Waals surface area contributed by atoms with E-state index in [-0.39, 0.29) is 48.1 Å². The lowest BCUT2D eigenvalue weighted by Crippen LogP contribution is -2.23. The van der Waals surface area contributed by atoms with Crippen LogP contribution in [0.3, 0.4) is 0 Å². The summed E-state index contributed by atoms with van der Waals surface area (Å²) in [7, 11) is 0. The molecule has 11 N–H and O–H groups in total. The van der Waals surface area contributed by atoms with Gasteiger partial charge >= 0.3 is 24.1 Å². The second-order valence-electron chi connectivity index (χ2n) is 34.8. The van der Waals surface area contributed by atoms with Gasteiger partial charge in [-0.2, -0.15) is 0 Å². The van der Waals surface area contributed by atoms with Crippen LogP contribution in [0, 0.1) is 33.5 Å². The van der Waals surface area contributed by atoms with Crippen molar-refractivity contribution in [2.45, 2.75) is 106 Å². The molecular weight excluding hydrogens is 1760 g/mol. The molecule has 0 aliphatic carbocycles. The molecule has 0 bridgehead atoms. The maximum absolute atomic E-state index is 13.1. The number of nitrogens with zero attached hydrogens (tertiary/aromatic N) is 3. The summed E-state index contributed by atoms with van der Waals surface area (Å²) in [6.07, 6.45) is 0.918. The molecule has 11 amide bonds. The molecule has 16 aromatic carbocycles. The van der Waals surface area contributed by atoms with Crippen LogP contribution in [-0.2, 0) is 92.5 Å². The second kappa shape index (κ2) is 51.7. The molecule has 0 aromatic heterocycles. The molecule has 22 heteroatoms. The third-order valence-corrected chi connectivity index (χ3v) is 22.8. The van der Waals surface area contributed by atoms with Crippen molar-refractivity contribution in [3.8, 4) is 0 Å². The van der Waals surface area contributed by atoms with E-state index in [1.165, 1.54) is 41.0 Å². The van der Waals surface area contributed by atoms with Gasteiger partial charge in [-0.25, -0.2) is 23.6 Å². The summed E-state index contributed by atoms with van der Waals surface area (Å²) in [6, 6.07) is 131. The van der Waals surface area contributed by atoms with Gasteiger partial charge in [0.15, 0.2) is 0 Å². The van der Waals surface area contributed by atoms with E-state index in [4.69, 9.17) is 0 Å². The Kier molecular flexibility index (Phi) is 36.6. The first kappa shape index (κ1) is 99.8. The van der Waals surface area contributed by atoms with Gasteiger partial charge in [0.1, 0.15) is 5.82 Å². The van der Waals surface area contributed by atoms with Crippen molar-refractivity contribution in [2.75, 3.05) is 58.5 Å². The van der Waals surface area contributed by atoms with Crippen molar-refractivity contribution >= 4 is 104 Å². The van der Waals surface area contributed by atoms with Gasteiger partial charge in [0.25, 0.3) is 0 Å². The minimum Gasteiger partial charge on any atom is -0.326 e. The molecule has 710 valence electrons. The number of rotatable bonds is 35. The van der Waals surface area contributed by atoms with E-state index in [2.05, 4.69) is 146 Å². The molecule has 0 fully saturated rings. The number of carbonyl (C=O) groups is 7. The normalized spacial score (nSPS) is 10.8. The summed E-state index contributed by atoms with van der Waals surface area (Å²) in [5.74, 6) is -0.494. The summed E-state index contributed by atoms with van der Waals surface area (Å²) in [5, 5.41) is 31.7. The zero-order chi connectivity index (χ0) is 98.3. The molecule has 0 spiro atoms. The number of aryl methyl sites for hydroxylation is 4. The summed E-state index contributed by atoms with van der Waals surface area (Å²) >= 11 is 0. The van der Waals surface area contributed by atoms with Crippen molar-refractivity contribution in [1.29, 1.82) is 0 Å². The highest BCUT2D eigenvalue weighted by atomic mass is 19.1. The fourth-order valence-electron chi connectivity index (χ4n) is 15.5. The van der Waals surface area contributed by atoms with Crippen LogP contribution in [0.25, 0.3) is 0 Å². The molecular formula is C119H115FN14O7. The fraction of sp³-hybridized carbons (Fsp3) is 0.134. The molecule has 0 heterocycles. The Bertz CT molecular complexity index is 6230. The van der Waals surface area contributed by atoms with E-state index < -0.39 is 6.03 Å². The number of anilines is 11. The predicted octanol–water partition coefficient (Wildman–Crippen LogP) is 26.2. The highest BCUT2D eigenvalue weighted by molar-refractivity contribution is 6.02. The Morgan fingerprint density at radius 1 is 0.170 bits per heavy atom. The first-order chi connectivity index (χ1) is 68.6. The molecule has 0 radical (unpaired) electrons. The quantitative estimate of drug-likeness (QED) is 0.0179. The van der Waals surface area contributed by atoms with Gasteiger partial charge in [-0.1, -0.05) is 289 Å². The van der Waals surface area contributed by atoms with Crippen LogP contribution in [-0.4, -0.2) is 56.5 Å². The van der Waals surface area contributed by atoms with Crippen molar-refractivity contribution in [1.82, 2.24) is 14.7 Å². The molecule has 0 aliphatic rings. The van der Waals surface area contributed by atoms with Gasteiger partial charge < -0.3 is 58.5 Å². The summed E-state index contributed by atoms with van der Waals surface area (Å²) < 4.78 is 13.1. The van der Waals surface area contributed by atoms with E-state index in [1.807, 2.05) is 343 Å². The summed E-state index contributed by atoms with van der Waals surface area (Å²) in [6.45, 7) is 14.5. The van der Waals surface area contributed by atoms with Gasteiger partial charge in [0, 0.05) is 121 Å². The molecule has 0 saturated heterocycles. The van der Waals surface area contributed by atoms with Gasteiger partial charge in [-0.3, -0.25) is 29.1 Å². The van der Waals surface area contributed by atoms with Crippen LogP contribution in [0.15, 0.2) is 413 Å². The van der Waals surface area contributed by atoms with Crippen LogP contribution in [0.2, 0.25) is 0 Å². The first-order valence-corrected chi connectivity index (χ1v) is 46.8. The minimum atomic E-state index is -0.397. The molecule has 16 aromatic rings. The SMILES string of the molecule is Cc1ccc(NC(=O)Cc2ccc(CN(Cc3ccc(NC(=O)Nc4ccc(C)cc4)cc3)Cc3ccc(NC(=O)Nc4ccc(C)cc4)cc3)cc2)cc1.Cc1ccc(NC(=O)Cc2ccc(CN(Cc3ccccc3)Cc3ccc(NC(=O)Nc4ccc(F)cc4)cc3)cc2)cc1.O=C(Cc1ccc(CN(Cc2ccccc2)Cc2ccc(NC(=O)Nc3ccccc3)cc2)cc1)Nc1ccccc1. The molecule has 0 saturated carbocycles. The highest BCUT2D eigenvalue weighted by Gasteiger charge is 2.18. The Balaban J connectivity index is 0.000000170. The van der Waals surface area contributed by atoms with Gasteiger partial charge in [0.2, 0.25) is 17.7 Å². The smallest absolute Gasteiger partial charge is 0.323 e. The summed E-state index contributed by atoms with van der Waals surface area (Å²) in [5.41, 5.74) is 25.6. The largest absolute Gasteiger partial charge is 0.326 e. The van der Waals surface area contributed by atoms with E-state index in [9.17, 15) is 38.0 Å². The van der Waals surface area contributed by atoms with Gasteiger partial charge in [-0.05, 0) is 240 Å². The number of benzene rings is 16. The average molecular weight is 1870 g/mol. The van der Waals surface area contributed by atoms with E-state index in [0.29, 0.717) is 61.8 Å². The van der Waals surface area contributed by atoms with Crippen molar-refractivity contribution < 1.29 is 38.0 Å². The van der Waals surface area contributed by atoms with Crippen molar-refractivity contribution in [3.63, 3.8) is 0 Å². The van der Waals surface area contributed by atoms with E-state index in [0.717, 1.165) is 145 Å². The highest BCUT2D eigenvalue weighted by Crippen LogP contribution is 2.26. The molecule has 0 unspecified atom stereocenters. The minimum absolute atomic E-state index is 0.0323. The molecule has 16 rings (SSSR count). The number of urea groups is 4. The lowest BCUT2D eigenvalue weighted by Gasteiger charge is -2.23. The Morgan fingerprint density at radius 2 is 0.312 bits per heavy atom. The van der Waals surface area contributed by atoms with E-state index >= 15 is 0 Å². The molecule has 0 atom stereocenters. The first-order valence-electron chi connectivity index (χ1n) is 46.8. The second-order valence-corrected chi connectivity index (χ2v) is 34.8. The topological polar surface area (TPSA) is 262 Å². The van der Waals surface area contributed by atoms with Crippen molar-refractivity contribution in [2.24, 2.45) is 0 Å². The lowest BCUT2D eigenvalue weighted by atomic mass is 10.1. The van der Waals surface area contributed by atoms with Gasteiger partial charge in [-0.15, -0.1) is 0 Å². The number of hydrogen-bond acceptors (Lipinski definition) is 10. The predicted molar refractivity (Wildman–Crippen MR) is 568 cm³/mol. The Morgan fingerprint density at radius 3 is 0.518 bits per heavy atom. The standard InChI is InChI=1S/C46H46N6O3.C37H35FN4O2.C36H34N4O2/c1-32-4-18-39(19-5-32)47-44(53)28-35-10-12-36(13-11-35)29-52(30-37-14-24-42(25-15-37)50-45(54)48-40-20-6-33(2)7-21-40)31-38-16-26-43(27-17-38)51-46(55)49-41-22-8-34(3)9-23-41;1-27-7-17-33(18-8-27)39-36(43)23-28-9-11-30(12-10-28)25-42(24-29-5-3-2-4-6-29)26-31-13-19-34(20-14-31)40-37(44)41-35-21-15-32(38)16-22-35;41-35(37-32-12-6-2-7-13-32)24-28-16-18-30(19-17-28)26-40(25-29-10-4-1-5-11-29)27-31-20-22-34(23-21-31)39-36(42)38-33-14-8-3-9-15-33/h4-27H,28-31H2,1-3H3,(H,47,53)(H2,48,50,54)(H2,49,51,55);2-22H,23-26H2,1H3,(H,39,43)(H2,40,41,44);1-23H,24-27H2,(H,37,41)(H2,38,39,42). The Hall–Kier alpha value is -17.2. The van der Waals surface area contributed by atoms with Crippen LogP contribution in [0.1, 0.15) is 89.0 Å². The molecule has 0 aliphatic heterocycles. The average Bonchev–Trinajstić information content (AvgIpc) is 0.867. The lowest BCUT2D eigenvalue weighted by molar-refractivity contribution is -0.116.